The molecule has 0 amide bonds. The topological polar surface area (TPSA) is 71.4 Å². The summed E-state index contributed by atoms with van der Waals surface area (Å²) in [6.07, 6.45) is 0. The van der Waals surface area contributed by atoms with E-state index in [1.807, 2.05) is 0 Å². The molecule has 0 aromatic carbocycles. The van der Waals surface area contributed by atoms with Gasteiger partial charge >= 0.3 is 6.56 Å². The van der Waals surface area contributed by atoms with Gasteiger partial charge in [0.05, 0.1) is 0 Å². The summed E-state index contributed by atoms with van der Waals surface area (Å²) in [6.45, 7) is -0.769. The van der Waals surface area contributed by atoms with Crippen LogP contribution in [0.2, 0.25) is 0 Å². The second kappa shape index (κ2) is 2.62. The fourth-order valence-corrected chi connectivity index (χ4v) is 0.331. The smallest absolute Gasteiger partial charge is 0.400 e. The van der Waals surface area contributed by atoms with Crippen molar-refractivity contribution in [3.8, 4) is 0 Å². The minimum atomic E-state index is -2.74. The Kier molecular flexibility index (Phi) is 2.43. The zero-order chi connectivity index (χ0) is 5.86. The average Bonchev–Trinajstić information content (AvgIpc) is 1.27. The maximum absolute atomic E-state index is 9.47. The van der Waals surface area contributed by atoms with Gasteiger partial charge in [0.2, 0.25) is 0 Å². The van der Waals surface area contributed by atoms with Crippen molar-refractivity contribution < 1.29 is 18.3 Å². The number of hydrogen-bond acceptors (Lipinski definition) is 3. The Hall–Kier alpha value is -0.515. The van der Waals surface area contributed by atoms with Crippen molar-refractivity contribution >= 4 is 23.0 Å². The Bertz CT molecular complexity index is 129. The number of carboxylic acid groups (broad SMARTS) is 1. The van der Waals surface area contributed by atoms with Crippen molar-refractivity contribution in [1.82, 2.24) is 0 Å². The van der Waals surface area contributed by atoms with E-state index < -0.39 is 23.0 Å². The van der Waals surface area contributed by atoms with Crippen molar-refractivity contribution in [2.45, 2.75) is 0 Å². The monoisotopic (exact) mass is 122 g/mol. The molecule has 0 aromatic heterocycles. The van der Waals surface area contributed by atoms with Crippen LogP contribution in [0.3, 0.4) is 0 Å². The Morgan fingerprint density at radius 3 is 2.00 bits per heavy atom. The summed E-state index contributed by atoms with van der Waals surface area (Å²) >= 11 is 0. The molecule has 0 atom stereocenters. The Balaban J connectivity index is 3.53. The van der Waals surface area contributed by atoms with Gasteiger partial charge in [-0.2, -0.15) is 0 Å². The summed E-state index contributed by atoms with van der Waals surface area (Å²) in [4.78, 5) is 9.43. The third-order valence-electron chi connectivity index (χ3n) is 0.264. The first-order valence-corrected chi connectivity index (χ1v) is 2.83. The summed E-state index contributed by atoms with van der Waals surface area (Å²) in [5, 5.41) is 7.70. The highest BCUT2D eigenvalue weighted by Crippen LogP contribution is 1.62. The van der Waals surface area contributed by atoms with E-state index in [2.05, 4.69) is 0 Å². The lowest BCUT2D eigenvalue weighted by molar-refractivity contribution is 0.220. The van der Waals surface area contributed by atoms with Gasteiger partial charge in [0.25, 0.3) is 5.87 Å². The van der Waals surface area contributed by atoms with Crippen LogP contribution in [0.25, 0.3) is 0 Å². The summed E-state index contributed by atoms with van der Waals surface area (Å²) in [5.74, 6) is -1.31. The molecule has 0 unspecified atom stereocenters. The van der Waals surface area contributed by atoms with Crippen LogP contribution in [0.4, 0.5) is 4.79 Å². The lowest BCUT2D eigenvalue weighted by atomic mass is 10.1. The fourth-order valence-electron chi connectivity index (χ4n) is 0.110. The quantitative estimate of drug-likeness (QED) is 0.350. The highest BCUT2D eigenvalue weighted by molar-refractivity contribution is 8.03. The van der Waals surface area contributed by atoms with Crippen LogP contribution in [-0.4, -0.2) is 26.0 Å². The highest BCUT2D eigenvalue weighted by Gasteiger charge is 2.00. The molecule has 0 heterocycles. The molecular weight excluding hydrogens is 119 g/mol. The fraction of sp³-hybridized carbons (Fsp3) is 0. The van der Waals surface area contributed by atoms with Gasteiger partial charge in [0.1, 0.15) is 10.6 Å². The number of hydrogen-bond donors (Lipinski definition) is 2. The van der Waals surface area contributed by atoms with Crippen molar-refractivity contribution in [3.63, 3.8) is 0 Å². The van der Waals surface area contributed by atoms with Gasteiger partial charge in [-0.3, -0.25) is 4.79 Å². The molecule has 0 spiro atoms. The maximum atomic E-state index is 9.47. The number of carbonyl (C=O) groups is 1. The van der Waals surface area contributed by atoms with Crippen LogP contribution in [0.5, 0.6) is 0 Å². The number of thiol groups is 1. The van der Waals surface area contributed by atoms with Crippen LogP contribution < -0.4 is 0 Å². The first kappa shape index (κ1) is 6.48. The standard InChI is InChI=1S/CH3BO4S/c3-1(4)2-7(5)6/h2,7H,(H,3,4). The SMILES string of the molecule is O=C(O)B[SH](=O)=O. The molecule has 0 saturated carbocycles. The van der Waals surface area contributed by atoms with E-state index in [1.54, 1.807) is 0 Å². The van der Waals surface area contributed by atoms with Gasteiger partial charge < -0.3 is 5.11 Å². The van der Waals surface area contributed by atoms with E-state index in [0.29, 0.717) is 0 Å². The summed E-state index contributed by atoms with van der Waals surface area (Å²) < 4.78 is 18.9. The lowest BCUT2D eigenvalue weighted by Crippen LogP contribution is -2.05. The van der Waals surface area contributed by atoms with E-state index in [1.165, 1.54) is 0 Å². The molecule has 0 aliphatic heterocycles. The molecule has 7 heavy (non-hydrogen) atoms. The molecule has 0 radical (unpaired) electrons. The zero-order valence-corrected chi connectivity index (χ0v) is 4.22. The largest absolute Gasteiger partial charge is 0.488 e. The predicted molar refractivity (Wildman–Crippen MR) is 25.5 cm³/mol. The summed E-state index contributed by atoms with van der Waals surface area (Å²) in [5.41, 5.74) is 0. The minimum Gasteiger partial charge on any atom is -0.488 e. The molecule has 0 fully saturated rings. The third kappa shape index (κ3) is 5.48. The number of rotatable bonds is 2. The molecule has 0 aliphatic rings. The van der Waals surface area contributed by atoms with Crippen LogP contribution in [0.1, 0.15) is 0 Å². The van der Waals surface area contributed by atoms with Gasteiger partial charge in [0.15, 0.2) is 0 Å². The van der Waals surface area contributed by atoms with Crippen LogP contribution in [0, 0.1) is 0 Å². The zero-order valence-electron chi connectivity index (χ0n) is 3.33. The molecule has 0 saturated heterocycles. The van der Waals surface area contributed by atoms with Gasteiger partial charge in [0, 0.05) is 0 Å². The summed E-state index contributed by atoms with van der Waals surface area (Å²) in [6, 6.07) is 0. The van der Waals surface area contributed by atoms with Gasteiger partial charge in [-0.1, -0.05) is 0 Å². The van der Waals surface area contributed by atoms with Crippen molar-refractivity contribution in [2.24, 2.45) is 0 Å². The molecule has 1 N–H and O–H groups in total. The van der Waals surface area contributed by atoms with Crippen LogP contribution in [0.15, 0.2) is 0 Å². The molecule has 6 heteroatoms. The highest BCUT2D eigenvalue weighted by atomic mass is 32.2. The predicted octanol–water partition coefficient (Wildman–Crippen LogP) is -1.37. The normalized spacial score (nSPS) is 8.71. The lowest BCUT2D eigenvalue weighted by Gasteiger charge is -1.71. The summed E-state index contributed by atoms with van der Waals surface area (Å²) in [7, 11) is -2.74. The van der Waals surface area contributed by atoms with Gasteiger partial charge in [-0.05, 0) is 0 Å². The van der Waals surface area contributed by atoms with E-state index in [4.69, 9.17) is 5.11 Å². The van der Waals surface area contributed by atoms with E-state index in [0.717, 1.165) is 0 Å². The Morgan fingerprint density at radius 2 is 2.00 bits per heavy atom. The second-order valence-corrected chi connectivity index (χ2v) is 1.87. The third-order valence-corrected chi connectivity index (χ3v) is 0.793. The van der Waals surface area contributed by atoms with E-state index in [-0.39, 0.29) is 0 Å². The molecule has 0 bridgehead atoms. The van der Waals surface area contributed by atoms with E-state index >= 15 is 0 Å². The van der Waals surface area contributed by atoms with Crippen LogP contribution in [-0.2, 0) is 10.6 Å². The minimum absolute atomic E-state index is 0.769. The van der Waals surface area contributed by atoms with Crippen LogP contribution >= 0.6 is 0 Å². The van der Waals surface area contributed by atoms with E-state index in [9.17, 15) is 13.2 Å². The van der Waals surface area contributed by atoms with Crippen molar-refractivity contribution in [3.05, 3.63) is 0 Å². The first-order valence-electron chi connectivity index (χ1n) is 1.46. The average molecular weight is 122 g/mol. The van der Waals surface area contributed by atoms with Gasteiger partial charge in [-0.15, -0.1) is 0 Å². The molecule has 4 nitrogen and oxygen atoms in total. The molecular formula is CH3BO4S. The Labute approximate surface area is 42.2 Å². The maximum Gasteiger partial charge on any atom is 0.400 e. The molecule has 0 aromatic rings. The van der Waals surface area contributed by atoms with Gasteiger partial charge in [-0.25, -0.2) is 8.42 Å². The molecule has 0 aliphatic carbocycles. The van der Waals surface area contributed by atoms with Crippen molar-refractivity contribution in [2.75, 3.05) is 0 Å². The molecule has 40 valence electrons. The van der Waals surface area contributed by atoms with Crippen molar-refractivity contribution in [1.29, 1.82) is 0 Å². The second-order valence-electron chi connectivity index (χ2n) is 0.885. The Morgan fingerprint density at radius 1 is 1.57 bits per heavy atom. The molecule has 0 rings (SSSR count). The first-order chi connectivity index (χ1) is 3.13.